The third-order valence-electron chi connectivity index (χ3n) is 1.78. The van der Waals surface area contributed by atoms with Crippen molar-refractivity contribution in [3.8, 4) is 0 Å². The monoisotopic (exact) mass is 275 g/mol. The predicted molar refractivity (Wildman–Crippen MR) is 51.2 cm³/mol. The van der Waals surface area contributed by atoms with Gasteiger partial charge in [0, 0.05) is 0 Å². The summed E-state index contributed by atoms with van der Waals surface area (Å²) >= 11 is 0. The van der Waals surface area contributed by atoms with Gasteiger partial charge >= 0.3 is 13.8 Å². The van der Waals surface area contributed by atoms with E-state index in [0.717, 1.165) is 0 Å². The molecule has 0 spiro atoms. The molecule has 0 amide bonds. The Morgan fingerprint density at radius 2 is 1.71 bits per heavy atom. The molecule has 0 aromatic carbocycles. The molecule has 0 aromatic heterocycles. The summed E-state index contributed by atoms with van der Waals surface area (Å²) in [4.78, 5) is 27.5. The van der Waals surface area contributed by atoms with E-state index in [-0.39, 0.29) is 0 Å². The molecular weight excluding hydrogens is 261 g/mol. The first kappa shape index (κ1) is 16.4. The maximum Gasteiger partial charge on any atom is 0.527 e. The summed E-state index contributed by atoms with van der Waals surface area (Å²) in [7, 11) is -5.11. The van der Waals surface area contributed by atoms with Crippen LogP contribution in [-0.4, -0.2) is 67.1 Å². The molecule has 0 aliphatic heterocycles. The van der Waals surface area contributed by atoms with Crippen LogP contribution >= 0.6 is 7.82 Å². The molecule has 102 valence electrons. The number of phosphoric ester groups is 1. The van der Waals surface area contributed by atoms with Crippen LogP contribution < -0.4 is 5.73 Å². The Bertz CT molecular complexity index is 304. The van der Waals surface area contributed by atoms with Crippen LogP contribution in [0.5, 0.6) is 0 Å². The minimum absolute atomic E-state index is 0.904. The maximum absolute atomic E-state index is 11.0. The van der Waals surface area contributed by atoms with Crippen molar-refractivity contribution >= 4 is 13.8 Å². The molecule has 0 saturated heterocycles. The number of hydrogen-bond donors (Lipinski definition) is 7. The Labute approximate surface area is 95.5 Å². The van der Waals surface area contributed by atoms with Gasteiger partial charge in [-0.2, -0.15) is 0 Å². The van der Waals surface area contributed by atoms with Crippen molar-refractivity contribution in [1.29, 1.82) is 0 Å². The Kier molecular flexibility index (Phi) is 6.16. The smallest absolute Gasteiger partial charge is 0.394 e. The Morgan fingerprint density at radius 3 is 2.06 bits per heavy atom. The molecule has 0 saturated carbocycles. The number of hydrogen-bond acceptors (Lipinski definition) is 8. The van der Waals surface area contributed by atoms with Crippen molar-refractivity contribution in [1.82, 2.24) is 0 Å². The fourth-order valence-electron chi connectivity index (χ4n) is 0.866. The number of rotatable bonds is 6. The lowest BCUT2D eigenvalue weighted by Gasteiger charge is -2.25. The maximum atomic E-state index is 11.0. The van der Waals surface area contributed by atoms with E-state index in [0.29, 0.717) is 0 Å². The summed E-state index contributed by atoms with van der Waals surface area (Å²) in [6.45, 7) is -0.904. The standard InChI is InChI=1S/C6H14NO9P/c7-3(6(12)16-17(13,14)15)5(11)4(10)2(9)1-8/h2-5,8-11H,1,7H2,(H2,13,14,15)/t2-,3-,4+,5-/m1/s1. The molecule has 0 radical (unpaired) electrons. The number of aliphatic hydroxyl groups excluding tert-OH is 4. The normalized spacial score (nSPS) is 19.2. The zero-order valence-electron chi connectivity index (χ0n) is 8.45. The van der Waals surface area contributed by atoms with Crippen molar-refractivity contribution in [3.05, 3.63) is 0 Å². The third kappa shape index (κ3) is 5.52. The summed E-state index contributed by atoms with van der Waals surface area (Å²) in [5.41, 5.74) is 5.04. The highest BCUT2D eigenvalue weighted by Gasteiger charge is 2.36. The third-order valence-corrected chi connectivity index (χ3v) is 2.20. The number of aliphatic hydroxyl groups is 4. The molecule has 0 rings (SSSR count). The van der Waals surface area contributed by atoms with E-state index < -0.39 is 44.8 Å². The molecule has 10 nitrogen and oxygen atoms in total. The van der Waals surface area contributed by atoms with E-state index in [9.17, 15) is 14.5 Å². The Balaban J connectivity index is 4.54. The van der Waals surface area contributed by atoms with Gasteiger partial charge in [0.15, 0.2) is 0 Å². The minimum atomic E-state index is -5.11. The molecule has 4 atom stereocenters. The second-order valence-electron chi connectivity index (χ2n) is 3.16. The summed E-state index contributed by atoms with van der Waals surface area (Å²) < 4.78 is 13.9. The Hall–Kier alpha value is -0.580. The van der Waals surface area contributed by atoms with E-state index >= 15 is 0 Å². The molecule has 17 heavy (non-hydrogen) atoms. The SMILES string of the molecule is N[C@@H](C(=O)OP(=O)(O)O)[C@@H](O)[C@@H](O)[C@H](O)CO. The van der Waals surface area contributed by atoms with Crippen LogP contribution in [-0.2, 0) is 13.9 Å². The van der Waals surface area contributed by atoms with Gasteiger partial charge in [0.2, 0.25) is 0 Å². The van der Waals surface area contributed by atoms with Crippen molar-refractivity contribution < 1.29 is 44.1 Å². The number of phosphoric acid groups is 1. The van der Waals surface area contributed by atoms with Crippen LogP contribution in [0.4, 0.5) is 0 Å². The largest absolute Gasteiger partial charge is 0.527 e. The lowest BCUT2D eigenvalue weighted by atomic mass is 10.0. The topological polar surface area (TPSA) is 191 Å². The predicted octanol–water partition coefficient (Wildman–Crippen LogP) is -3.98. The highest BCUT2D eigenvalue weighted by atomic mass is 31.2. The molecule has 0 heterocycles. The number of nitrogens with two attached hydrogens (primary N) is 1. The van der Waals surface area contributed by atoms with Gasteiger partial charge in [-0.1, -0.05) is 0 Å². The van der Waals surface area contributed by atoms with Crippen LogP contribution in [0.2, 0.25) is 0 Å². The van der Waals surface area contributed by atoms with Crippen LogP contribution in [0.1, 0.15) is 0 Å². The van der Waals surface area contributed by atoms with Crippen molar-refractivity contribution in [3.63, 3.8) is 0 Å². The van der Waals surface area contributed by atoms with Crippen molar-refractivity contribution in [2.24, 2.45) is 5.73 Å². The molecule has 0 bridgehead atoms. The molecule has 0 aromatic rings. The quantitative estimate of drug-likeness (QED) is 0.235. The second kappa shape index (κ2) is 6.38. The number of carbonyl (C=O) groups excluding carboxylic acids is 1. The highest BCUT2D eigenvalue weighted by molar-refractivity contribution is 7.46. The fourth-order valence-corrected chi connectivity index (χ4v) is 1.22. The summed E-state index contributed by atoms with van der Waals surface area (Å²) in [5, 5.41) is 35.8. The molecule has 0 aliphatic rings. The van der Waals surface area contributed by atoms with Crippen molar-refractivity contribution in [2.45, 2.75) is 24.4 Å². The van der Waals surface area contributed by atoms with E-state index in [2.05, 4.69) is 4.52 Å². The summed E-state index contributed by atoms with van der Waals surface area (Å²) in [6.07, 6.45) is -5.80. The van der Waals surface area contributed by atoms with Gasteiger partial charge in [0.25, 0.3) is 0 Å². The first-order valence-corrected chi connectivity index (χ1v) is 5.82. The van der Waals surface area contributed by atoms with Gasteiger partial charge in [0.1, 0.15) is 24.4 Å². The molecule has 8 N–H and O–H groups in total. The average Bonchev–Trinajstić information content (AvgIpc) is 2.22. The van der Waals surface area contributed by atoms with Gasteiger partial charge in [-0.25, -0.2) is 9.36 Å². The van der Waals surface area contributed by atoms with Gasteiger partial charge in [-0.05, 0) is 0 Å². The highest BCUT2D eigenvalue weighted by Crippen LogP contribution is 2.36. The second-order valence-corrected chi connectivity index (χ2v) is 4.32. The summed E-state index contributed by atoms with van der Waals surface area (Å²) in [6, 6.07) is -1.99. The fraction of sp³-hybridized carbons (Fsp3) is 0.833. The molecule has 0 unspecified atom stereocenters. The lowest BCUT2D eigenvalue weighted by Crippen LogP contribution is -2.53. The van der Waals surface area contributed by atoms with E-state index in [1.54, 1.807) is 0 Å². The molecule has 0 aliphatic carbocycles. The first-order valence-electron chi connectivity index (χ1n) is 4.29. The number of carbonyl (C=O) groups is 1. The van der Waals surface area contributed by atoms with Gasteiger partial charge in [-0.15, -0.1) is 0 Å². The molecule has 11 heteroatoms. The molecule has 0 fully saturated rings. The van der Waals surface area contributed by atoms with E-state index in [1.807, 2.05) is 0 Å². The van der Waals surface area contributed by atoms with Crippen LogP contribution in [0.15, 0.2) is 0 Å². The van der Waals surface area contributed by atoms with E-state index in [4.69, 9.17) is 30.8 Å². The Morgan fingerprint density at radius 1 is 1.24 bits per heavy atom. The minimum Gasteiger partial charge on any atom is -0.394 e. The van der Waals surface area contributed by atoms with Gasteiger partial charge < -0.3 is 30.7 Å². The molecular formula is C6H14NO9P. The van der Waals surface area contributed by atoms with E-state index in [1.165, 1.54) is 0 Å². The first-order chi connectivity index (χ1) is 7.60. The van der Waals surface area contributed by atoms with Crippen LogP contribution in [0.25, 0.3) is 0 Å². The zero-order chi connectivity index (χ0) is 13.8. The average molecular weight is 275 g/mol. The van der Waals surface area contributed by atoms with Gasteiger partial charge in [0.05, 0.1) is 6.61 Å². The zero-order valence-corrected chi connectivity index (χ0v) is 9.34. The lowest BCUT2D eigenvalue weighted by molar-refractivity contribution is -0.145. The summed E-state index contributed by atoms with van der Waals surface area (Å²) in [5.74, 6) is -1.66. The van der Waals surface area contributed by atoms with Crippen LogP contribution in [0.3, 0.4) is 0 Å². The van der Waals surface area contributed by atoms with Crippen molar-refractivity contribution in [2.75, 3.05) is 6.61 Å². The van der Waals surface area contributed by atoms with Crippen LogP contribution in [0, 0.1) is 0 Å². The van der Waals surface area contributed by atoms with Gasteiger partial charge in [-0.3, -0.25) is 9.79 Å².